The van der Waals surface area contributed by atoms with Crippen molar-refractivity contribution in [3.8, 4) is 0 Å². The molecule has 1 heterocycles. The first-order chi connectivity index (χ1) is 9.13. The van der Waals surface area contributed by atoms with Gasteiger partial charge in [-0.1, -0.05) is 18.2 Å². The number of rotatable bonds is 4. The van der Waals surface area contributed by atoms with Crippen LogP contribution in [-0.4, -0.2) is 36.6 Å². The molecule has 1 N–H and O–H groups in total. The molecule has 4 nitrogen and oxygen atoms in total. The van der Waals surface area contributed by atoms with Crippen molar-refractivity contribution in [2.75, 3.05) is 20.7 Å². The number of hydrogen-bond acceptors (Lipinski definition) is 3. The fourth-order valence-electron chi connectivity index (χ4n) is 1.99. The van der Waals surface area contributed by atoms with Crippen LogP contribution in [0.1, 0.15) is 12.5 Å². The first-order valence-corrected chi connectivity index (χ1v) is 6.25. The summed E-state index contributed by atoms with van der Waals surface area (Å²) in [4.78, 5) is 17.1. The van der Waals surface area contributed by atoms with Gasteiger partial charge in [-0.05, 0) is 13.0 Å². The molecule has 19 heavy (non-hydrogen) atoms. The molecule has 0 amide bonds. The lowest BCUT2D eigenvalue weighted by Crippen LogP contribution is -2.11. The summed E-state index contributed by atoms with van der Waals surface area (Å²) >= 11 is 0. The Labute approximate surface area is 112 Å². The first-order valence-electron chi connectivity index (χ1n) is 6.25. The van der Waals surface area contributed by atoms with Crippen molar-refractivity contribution in [3.63, 3.8) is 0 Å². The van der Waals surface area contributed by atoms with E-state index in [0.717, 1.165) is 16.5 Å². The van der Waals surface area contributed by atoms with Gasteiger partial charge in [0.1, 0.15) is 0 Å². The molecule has 0 unspecified atom stereocenters. The van der Waals surface area contributed by atoms with E-state index in [4.69, 9.17) is 4.74 Å². The molecule has 0 bridgehead atoms. The van der Waals surface area contributed by atoms with E-state index in [1.165, 1.54) is 0 Å². The van der Waals surface area contributed by atoms with E-state index < -0.39 is 0 Å². The number of aromatic nitrogens is 1. The lowest BCUT2D eigenvalue weighted by Gasteiger charge is -2.10. The van der Waals surface area contributed by atoms with Gasteiger partial charge in [0, 0.05) is 43.0 Å². The van der Waals surface area contributed by atoms with Crippen LogP contribution in [0.3, 0.4) is 0 Å². The van der Waals surface area contributed by atoms with Crippen molar-refractivity contribution in [2.24, 2.45) is 0 Å². The van der Waals surface area contributed by atoms with Crippen molar-refractivity contribution in [3.05, 3.63) is 42.2 Å². The number of H-pyrrole nitrogens is 1. The molecule has 0 fully saturated rings. The zero-order chi connectivity index (χ0) is 13.8. The van der Waals surface area contributed by atoms with Gasteiger partial charge >= 0.3 is 5.97 Å². The predicted octanol–water partition coefficient (Wildman–Crippen LogP) is 2.63. The number of nitrogens with zero attached hydrogens (tertiary/aromatic N) is 1. The standard InChI is InChI=1S/C15H18N2O2/c1-4-19-15(18)13(10-17(2)3)12-9-16-14-8-6-5-7-11(12)14/h5-10,16H,4H2,1-3H3/b13-10+. The van der Waals surface area contributed by atoms with Gasteiger partial charge in [0.05, 0.1) is 12.2 Å². The van der Waals surface area contributed by atoms with E-state index in [2.05, 4.69) is 4.98 Å². The third kappa shape index (κ3) is 2.78. The number of esters is 1. The van der Waals surface area contributed by atoms with E-state index in [-0.39, 0.29) is 5.97 Å². The molecule has 0 saturated heterocycles. The maximum atomic E-state index is 12.1. The van der Waals surface area contributed by atoms with Crippen LogP contribution in [0.4, 0.5) is 0 Å². The van der Waals surface area contributed by atoms with Crippen LogP contribution in [-0.2, 0) is 9.53 Å². The summed E-state index contributed by atoms with van der Waals surface area (Å²) in [6, 6.07) is 7.89. The van der Waals surface area contributed by atoms with Gasteiger partial charge in [-0.25, -0.2) is 4.79 Å². The molecule has 0 aliphatic rings. The zero-order valence-electron chi connectivity index (χ0n) is 11.4. The second-order valence-electron chi connectivity index (χ2n) is 4.47. The topological polar surface area (TPSA) is 45.3 Å². The number of aromatic amines is 1. The number of ether oxygens (including phenoxy) is 1. The highest BCUT2D eigenvalue weighted by Gasteiger charge is 2.17. The van der Waals surface area contributed by atoms with Crippen LogP contribution in [0.15, 0.2) is 36.7 Å². The number of fused-ring (bicyclic) bond motifs is 1. The molecule has 0 aliphatic carbocycles. The number of carbonyl (C=O) groups excluding carboxylic acids is 1. The van der Waals surface area contributed by atoms with E-state index in [0.29, 0.717) is 12.2 Å². The Kier molecular flexibility index (Phi) is 3.90. The van der Waals surface area contributed by atoms with E-state index in [1.807, 2.05) is 49.5 Å². The van der Waals surface area contributed by atoms with Crippen LogP contribution < -0.4 is 0 Å². The SMILES string of the molecule is CCOC(=O)/C(=C/N(C)C)c1c[nH]c2ccccc12. The minimum atomic E-state index is -0.305. The van der Waals surface area contributed by atoms with Crippen LogP contribution >= 0.6 is 0 Å². The van der Waals surface area contributed by atoms with Gasteiger partial charge in [-0.15, -0.1) is 0 Å². The summed E-state index contributed by atoms with van der Waals surface area (Å²) in [6.45, 7) is 2.17. The monoisotopic (exact) mass is 258 g/mol. The highest BCUT2D eigenvalue weighted by molar-refractivity contribution is 6.20. The third-order valence-electron chi connectivity index (χ3n) is 2.76. The first kappa shape index (κ1) is 13.2. The lowest BCUT2D eigenvalue weighted by atomic mass is 10.1. The number of hydrogen-bond donors (Lipinski definition) is 1. The highest BCUT2D eigenvalue weighted by Crippen LogP contribution is 2.26. The Morgan fingerprint density at radius 2 is 2.11 bits per heavy atom. The second-order valence-corrected chi connectivity index (χ2v) is 4.47. The predicted molar refractivity (Wildman–Crippen MR) is 76.6 cm³/mol. The third-order valence-corrected chi connectivity index (χ3v) is 2.76. The lowest BCUT2D eigenvalue weighted by molar-refractivity contribution is -0.136. The maximum Gasteiger partial charge on any atom is 0.340 e. The Balaban J connectivity index is 2.52. The molecule has 4 heteroatoms. The smallest absolute Gasteiger partial charge is 0.340 e. The summed E-state index contributed by atoms with van der Waals surface area (Å²) in [5, 5.41) is 1.02. The van der Waals surface area contributed by atoms with E-state index >= 15 is 0 Å². The molecule has 0 saturated carbocycles. The van der Waals surface area contributed by atoms with Gasteiger partial charge in [0.2, 0.25) is 0 Å². The normalized spacial score (nSPS) is 11.6. The molecule has 0 atom stereocenters. The minimum absolute atomic E-state index is 0.305. The average Bonchev–Trinajstić information content (AvgIpc) is 2.79. The molecule has 0 spiro atoms. The zero-order valence-corrected chi connectivity index (χ0v) is 11.4. The Hall–Kier alpha value is -2.23. The highest BCUT2D eigenvalue weighted by atomic mass is 16.5. The number of benzene rings is 1. The number of carbonyl (C=O) groups is 1. The second kappa shape index (κ2) is 5.61. The molecule has 100 valence electrons. The van der Waals surface area contributed by atoms with Gasteiger partial charge in [0.25, 0.3) is 0 Å². The maximum absolute atomic E-state index is 12.1. The van der Waals surface area contributed by atoms with Crippen molar-refractivity contribution in [1.82, 2.24) is 9.88 Å². The molecule has 0 radical (unpaired) electrons. The van der Waals surface area contributed by atoms with E-state index in [1.54, 1.807) is 13.1 Å². The molecular formula is C15H18N2O2. The van der Waals surface area contributed by atoms with Gasteiger partial charge in [-0.2, -0.15) is 0 Å². The quantitative estimate of drug-likeness (QED) is 0.677. The van der Waals surface area contributed by atoms with Crippen LogP contribution in [0.5, 0.6) is 0 Å². The van der Waals surface area contributed by atoms with Crippen molar-refractivity contribution in [1.29, 1.82) is 0 Å². The molecular weight excluding hydrogens is 240 g/mol. The molecule has 1 aromatic carbocycles. The summed E-state index contributed by atoms with van der Waals surface area (Å²) in [6.07, 6.45) is 3.63. The van der Waals surface area contributed by atoms with E-state index in [9.17, 15) is 4.79 Å². The molecule has 2 rings (SSSR count). The number of para-hydroxylation sites is 1. The molecule has 0 aliphatic heterocycles. The number of nitrogens with one attached hydrogen (secondary N) is 1. The fraction of sp³-hybridized carbons (Fsp3) is 0.267. The Bertz CT molecular complexity index is 611. The Morgan fingerprint density at radius 3 is 2.79 bits per heavy atom. The van der Waals surface area contributed by atoms with Crippen molar-refractivity contribution < 1.29 is 9.53 Å². The van der Waals surface area contributed by atoms with Gasteiger partial charge in [-0.3, -0.25) is 0 Å². The molecule has 1 aromatic heterocycles. The summed E-state index contributed by atoms with van der Waals surface area (Å²) < 4.78 is 5.13. The largest absolute Gasteiger partial charge is 0.462 e. The van der Waals surface area contributed by atoms with Gasteiger partial charge < -0.3 is 14.6 Å². The van der Waals surface area contributed by atoms with Crippen molar-refractivity contribution in [2.45, 2.75) is 6.92 Å². The molecule has 2 aromatic rings. The van der Waals surface area contributed by atoms with Gasteiger partial charge in [0.15, 0.2) is 0 Å². The summed E-state index contributed by atoms with van der Waals surface area (Å²) in [5.41, 5.74) is 2.43. The summed E-state index contributed by atoms with van der Waals surface area (Å²) in [5.74, 6) is -0.305. The van der Waals surface area contributed by atoms with Crippen LogP contribution in [0.2, 0.25) is 0 Å². The minimum Gasteiger partial charge on any atom is -0.462 e. The van der Waals surface area contributed by atoms with Crippen molar-refractivity contribution >= 4 is 22.4 Å². The van der Waals surface area contributed by atoms with Crippen LogP contribution in [0, 0.1) is 0 Å². The fourth-order valence-corrected chi connectivity index (χ4v) is 1.99. The van der Waals surface area contributed by atoms with Crippen LogP contribution in [0.25, 0.3) is 16.5 Å². The summed E-state index contributed by atoms with van der Waals surface area (Å²) in [7, 11) is 3.77. The average molecular weight is 258 g/mol. The Morgan fingerprint density at radius 1 is 1.37 bits per heavy atom.